The number of hydrogen-bond acceptors (Lipinski definition) is 7. The number of rotatable bonds is 8. The van der Waals surface area contributed by atoms with Gasteiger partial charge in [-0.15, -0.1) is 0 Å². The molecule has 4 rings (SSSR count). The van der Waals surface area contributed by atoms with E-state index >= 15 is 0 Å². The highest BCUT2D eigenvalue weighted by Gasteiger charge is 2.35. The second-order valence-corrected chi connectivity index (χ2v) is 9.17. The lowest BCUT2D eigenvalue weighted by Crippen LogP contribution is -2.27. The van der Waals surface area contributed by atoms with E-state index < -0.39 is 11.1 Å². The maximum Gasteiger partial charge on any atom is 0.293 e. The highest BCUT2D eigenvalue weighted by atomic mass is 35.5. The Hall–Kier alpha value is -4.26. The zero-order valence-corrected chi connectivity index (χ0v) is 21.1. The monoisotopic (exact) mass is 533 g/mol. The van der Waals surface area contributed by atoms with E-state index in [1.54, 1.807) is 60.7 Å². The highest BCUT2D eigenvalue weighted by Crippen LogP contribution is 2.39. The molecule has 0 unspecified atom stereocenters. The van der Waals surface area contributed by atoms with Gasteiger partial charge in [-0.25, -0.2) is 0 Å². The smallest absolute Gasteiger partial charge is 0.293 e. The molecule has 1 N–H and O–H groups in total. The van der Waals surface area contributed by atoms with Crippen LogP contribution in [0.5, 0.6) is 11.5 Å². The normalized spacial score (nSPS) is 14.0. The van der Waals surface area contributed by atoms with Crippen molar-refractivity contribution in [2.24, 2.45) is 0 Å². The second kappa shape index (κ2) is 11.6. The van der Waals surface area contributed by atoms with Crippen LogP contribution in [0.1, 0.15) is 16.7 Å². The second-order valence-electron chi connectivity index (χ2n) is 7.77. The van der Waals surface area contributed by atoms with Gasteiger partial charge in [0.25, 0.3) is 17.1 Å². The summed E-state index contributed by atoms with van der Waals surface area (Å²) in [6.07, 6.45) is 1.53. The van der Waals surface area contributed by atoms with E-state index in [1.165, 1.54) is 13.2 Å². The van der Waals surface area contributed by atoms with Crippen molar-refractivity contribution in [2.75, 3.05) is 19.0 Å². The Balaban J connectivity index is 1.49. The van der Waals surface area contributed by atoms with Crippen LogP contribution in [0, 0.1) is 11.3 Å². The minimum absolute atomic E-state index is 0.00631. The standard InChI is InChI=1S/C27H20ClN3O5S/c1-35-22-12-17(11-21(28)25(22)36-16-24(32)30-20-9-3-2-4-10-20)13-23-26(33)31(27(34)37-23)15-19-8-6-5-7-18(19)14-29/h2-13H,15-16H2,1H3,(H,30,32)/b23-13+. The first kappa shape index (κ1) is 25.8. The molecule has 0 radical (unpaired) electrons. The lowest BCUT2D eigenvalue weighted by atomic mass is 10.1. The van der Waals surface area contributed by atoms with Crippen LogP contribution in [0.15, 0.2) is 71.6 Å². The predicted octanol–water partition coefficient (Wildman–Crippen LogP) is 5.47. The molecule has 0 saturated carbocycles. The summed E-state index contributed by atoms with van der Waals surface area (Å²) in [6, 6.07) is 21.0. The number of carbonyl (C=O) groups excluding carboxylic acids is 3. The van der Waals surface area contributed by atoms with E-state index in [9.17, 15) is 19.6 Å². The van der Waals surface area contributed by atoms with Crippen molar-refractivity contribution in [1.29, 1.82) is 5.26 Å². The van der Waals surface area contributed by atoms with Gasteiger partial charge in [-0.05, 0) is 59.3 Å². The minimum atomic E-state index is -0.476. The molecule has 37 heavy (non-hydrogen) atoms. The fraction of sp³-hybridized carbons (Fsp3) is 0.111. The summed E-state index contributed by atoms with van der Waals surface area (Å²) >= 11 is 7.21. The minimum Gasteiger partial charge on any atom is -0.493 e. The quantitative estimate of drug-likeness (QED) is 0.382. The molecule has 1 heterocycles. The molecule has 0 aromatic heterocycles. The van der Waals surface area contributed by atoms with Crippen molar-refractivity contribution in [3.8, 4) is 17.6 Å². The van der Waals surface area contributed by atoms with Gasteiger partial charge < -0.3 is 14.8 Å². The van der Waals surface area contributed by atoms with E-state index in [-0.39, 0.29) is 40.5 Å². The van der Waals surface area contributed by atoms with E-state index in [0.29, 0.717) is 22.4 Å². The first-order chi connectivity index (χ1) is 17.9. The Morgan fingerprint density at radius 3 is 2.59 bits per heavy atom. The van der Waals surface area contributed by atoms with E-state index in [1.807, 2.05) is 6.07 Å². The zero-order valence-electron chi connectivity index (χ0n) is 19.6. The number of ether oxygens (including phenoxy) is 2. The first-order valence-electron chi connectivity index (χ1n) is 11.0. The first-order valence-corrected chi connectivity index (χ1v) is 12.2. The van der Waals surface area contributed by atoms with Crippen LogP contribution in [-0.2, 0) is 16.1 Å². The number of halogens is 1. The van der Waals surface area contributed by atoms with E-state index in [0.717, 1.165) is 16.7 Å². The largest absolute Gasteiger partial charge is 0.493 e. The van der Waals surface area contributed by atoms with Crippen molar-refractivity contribution in [2.45, 2.75) is 6.54 Å². The SMILES string of the molecule is COc1cc(/C=C2/SC(=O)N(Cc3ccccc3C#N)C2=O)cc(Cl)c1OCC(=O)Nc1ccccc1. The van der Waals surface area contributed by atoms with Gasteiger partial charge >= 0.3 is 0 Å². The summed E-state index contributed by atoms with van der Waals surface area (Å²) in [4.78, 5) is 39.0. The van der Waals surface area contributed by atoms with Crippen LogP contribution in [0.4, 0.5) is 10.5 Å². The number of nitrogens with zero attached hydrogens (tertiary/aromatic N) is 2. The number of anilines is 1. The van der Waals surface area contributed by atoms with Crippen molar-refractivity contribution in [3.63, 3.8) is 0 Å². The van der Waals surface area contributed by atoms with Crippen LogP contribution in [0.2, 0.25) is 5.02 Å². The van der Waals surface area contributed by atoms with Crippen molar-refractivity contribution < 1.29 is 23.9 Å². The Morgan fingerprint density at radius 2 is 1.86 bits per heavy atom. The van der Waals surface area contributed by atoms with Gasteiger partial charge in [0.15, 0.2) is 18.1 Å². The zero-order chi connectivity index (χ0) is 26.4. The fourth-order valence-corrected chi connectivity index (χ4v) is 4.66. The molecule has 1 aliphatic heterocycles. The highest BCUT2D eigenvalue weighted by molar-refractivity contribution is 8.18. The van der Waals surface area contributed by atoms with Gasteiger partial charge in [0.2, 0.25) is 0 Å². The van der Waals surface area contributed by atoms with Gasteiger partial charge in [0.05, 0.1) is 35.2 Å². The number of hydrogen-bond donors (Lipinski definition) is 1. The number of amides is 3. The molecule has 186 valence electrons. The summed E-state index contributed by atoms with van der Waals surface area (Å²) in [6.45, 7) is -0.305. The van der Waals surface area contributed by atoms with Gasteiger partial charge in [-0.1, -0.05) is 48.0 Å². The van der Waals surface area contributed by atoms with Crippen LogP contribution in [0.3, 0.4) is 0 Å². The summed E-state index contributed by atoms with van der Waals surface area (Å²) in [5.41, 5.74) is 2.12. The van der Waals surface area contributed by atoms with Crippen LogP contribution >= 0.6 is 23.4 Å². The Kier molecular flexibility index (Phi) is 8.13. The Morgan fingerprint density at radius 1 is 1.14 bits per heavy atom. The Labute approximate surface area is 222 Å². The van der Waals surface area contributed by atoms with E-state index in [4.69, 9.17) is 21.1 Å². The average Bonchev–Trinajstić information content (AvgIpc) is 3.15. The molecular weight excluding hydrogens is 514 g/mol. The summed E-state index contributed by atoms with van der Waals surface area (Å²) < 4.78 is 11.0. The molecule has 1 saturated heterocycles. The number of thioether (sulfide) groups is 1. The van der Waals surface area contributed by atoms with Crippen LogP contribution in [-0.4, -0.2) is 35.7 Å². The number of imide groups is 1. The predicted molar refractivity (Wildman–Crippen MR) is 141 cm³/mol. The molecule has 3 amide bonds. The average molecular weight is 534 g/mol. The third kappa shape index (κ3) is 6.12. The van der Waals surface area contributed by atoms with E-state index in [2.05, 4.69) is 11.4 Å². The number of carbonyl (C=O) groups is 3. The third-order valence-corrected chi connectivity index (χ3v) is 6.48. The summed E-state index contributed by atoms with van der Waals surface area (Å²) in [5.74, 6) is -0.421. The number of nitrogens with one attached hydrogen (secondary N) is 1. The molecule has 0 bridgehead atoms. The topological polar surface area (TPSA) is 109 Å². The molecule has 8 nitrogen and oxygen atoms in total. The molecule has 1 fully saturated rings. The van der Waals surface area contributed by atoms with Crippen molar-refractivity contribution in [3.05, 3.63) is 93.3 Å². The number of para-hydroxylation sites is 1. The lowest BCUT2D eigenvalue weighted by Gasteiger charge is -2.14. The summed E-state index contributed by atoms with van der Waals surface area (Å²) in [7, 11) is 1.42. The molecule has 10 heteroatoms. The maximum atomic E-state index is 13.0. The molecule has 3 aromatic rings. The van der Waals surface area contributed by atoms with Gasteiger partial charge in [-0.3, -0.25) is 19.3 Å². The van der Waals surface area contributed by atoms with Crippen LogP contribution < -0.4 is 14.8 Å². The van der Waals surface area contributed by atoms with Crippen LogP contribution in [0.25, 0.3) is 6.08 Å². The lowest BCUT2D eigenvalue weighted by molar-refractivity contribution is -0.123. The van der Waals surface area contributed by atoms with Crippen molar-refractivity contribution in [1.82, 2.24) is 4.90 Å². The maximum absolute atomic E-state index is 13.0. The number of benzene rings is 3. The van der Waals surface area contributed by atoms with Gasteiger partial charge in [0.1, 0.15) is 0 Å². The Bertz CT molecular complexity index is 1440. The molecule has 0 spiro atoms. The molecule has 0 atom stereocenters. The molecule has 3 aromatic carbocycles. The summed E-state index contributed by atoms with van der Waals surface area (Å²) in [5, 5.41) is 11.7. The van der Waals surface area contributed by atoms with Gasteiger partial charge in [0, 0.05) is 5.69 Å². The van der Waals surface area contributed by atoms with Crippen molar-refractivity contribution >= 4 is 52.2 Å². The third-order valence-electron chi connectivity index (χ3n) is 5.29. The number of methoxy groups -OCH3 is 1. The molecule has 0 aliphatic carbocycles. The number of nitriles is 1. The molecule has 1 aliphatic rings. The molecular formula is C27H20ClN3O5S. The van der Waals surface area contributed by atoms with Gasteiger partial charge in [-0.2, -0.15) is 5.26 Å². The fourth-order valence-electron chi connectivity index (χ4n) is 3.54.